The molecule has 0 saturated carbocycles. The van der Waals surface area contributed by atoms with Crippen molar-refractivity contribution >= 4 is 12.0 Å². The molecule has 0 spiro atoms. The van der Waals surface area contributed by atoms with E-state index >= 15 is 0 Å². The lowest BCUT2D eigenvalue weighted by molar-refractivity contribution is -0.306. The van der Waals surface area contributed by atoms with Gasteiger partial charge in [-0.05, 0) is 46.7 Å². The van der Waals surface area contributed by atoms with E-state index in [0.717, 1.165) is 43.8 Å². The summed E-state index contributed by atoms with van der Waals surface area (Å²) in [4.78, 5) is 3.94. The van der Waals surface area contributed by atoms with Crippen molar-refractivity contribution < 1.29 is 21.6 Å². The predicted octanol–water partition coefficient (Wildman–Crippen LogP) is 2.96. The van der Waals surface area contributed by atoms with Crippen molar-refractivity contribution in [3.8, 4) is 0 Å². The summed E-state index contributed by atoms with van der Waals surface area (Å²) < 4.78 is 7.90. The highest BCUT2D eigenvalue weighted by Gasteiger charge is 2.07. The Hall–Kier alpha value is -0.490. The topological polar surface area (TPSA) is 166 Å². The van der Waals surface area contributed by atoms with E-state index in [1.807, 2.05) is 26.0 Å². The summed E-state index contributed by atoms with van der Waals surface area (Å²) in [7, 11) is 0. The molecule has 166 valence electrons. The number of hydrogen-bond acceptors (Lipinski definition) is 8. The molecule has 26 heavy (non-hydrogen) atoms. The van der Waals surface area contributed by atoms with Crippen molar-refractivity contribution in [2.45, 2.75) is 47.6 Å². The lowest BCUT2D eigenvalue weighted by atomic mass is 10.2. The average Bonchev–Trinajstić information content (AvgIpc) is 2.51. The second kappa shape index (κ2) is 32.2. The van der Waals surface area contributed by atoms with E-state index in [2.05, 4.69) is 22.1 Å². The van der Waals surface area contributed by atoms with Crippen LogP contribution in [0.4, 0.5) is 0 Å². The second-order valence-corrected chi connectivity index (χ2v) is 6.34. The number of nitrogens with two attached hydrogens (primary N) is 1. The maximum Gasteiger partial charge on any atom is 0.0949 e. The number of hydrogen-bond donors (Lipinski definition) is 6. The van der Waals surface area contributed by atoms with Crippen LogP contribution in [0.5, 0.6) is 0 Å². The van der Waals surface area contributed by atoms with Crippen LogP contribution >= 0.6 is 12.0 Å². The van der Waals surface area contributed by atoms with Gasteiger partial charge in [0.2, 0.25) is 0 Å². The fourth-order valence-electron chi connectivity index (χ4n) is 0.941. The summed E-state index contributed by atoms with van der Waals surface area (Å²) in [6, 6.07) is 0. The first-order valence-corrected chi connectivity index (χ1v) is 8.68. The van der Waals surface area contributed by atoms with Crippen molar-refractivity contribution in [1.29, 1.82) is 0 Å². The Bertz CT molecular complexity index is 265. The molecule has 0 bridgehead atoms. The maximum atomic E-state index is 7.90. The van der Waals surface area contributed by atoms with E-state index in [1.165, 1.54) is 0 Å². The second-order valence-electron chi connectivity index (χ2n) is 5.67. The Morgan fingerprint density at radius 2 is 1.62 bits per heavy atom. The molecule has 0 atom stereocenters. The van der Waals surface area contributed by atoms with Gasteiger partial charge in [0.25, 0.3) is 0 Å². The average molecular weight is 405 g/mol. The van der Waals surface area contributed by atoms with Gasteiger partial charge >= 0.3 is 0 Å². The monoisotopic (exact) mass is 404 g/mol. The highest BCUT2D eigenvalue weighted by molar-refractivity contribution is 7.93. The molecule has 1 aliphatic heterocycles. The van der Waals surface area contributed by atoms with Crippen LogP contribution < -0.4 is 22.5 Å². The van der Waals surface area contributed by atoms with Crippen molar-refractivity contribution in [3.05, 3.63) is 24.3 Å². The quantitative estimate of drug-likeness (QED) is 0.181. The van der Waals surface area contributed by atoms with Crippen LogP contribution in [-0.4, -0.2) is 59.4 Å². The van der Waals surface area contributed by atoms with E-state index in [0.29, 0.717) is 12.3 Å². The summed E-state index contributed by atoms with van der Waals surface area (Å²) in [5.74, 6) is 0.639. The van der Waals surface area contributed by atoms with Crippen LogP contribution in [-0.2, 0) is 4.89 Å². The molecular formula is C17H48N4O4S. The molecule has 0 unspecified atom stereocenters. The molecule has 1 heterocycles. The highest BCUT2D eigenvalue weighted by Crippen LogP contribution is 2.01. The minimum Gasteiger partial charge on any atom is -0.412 e. The summed E-state index contributed by atoms with van der Waals surface area (Å²) in [5.41, 5.74) is 5.66. The van der Waals surface area contributed by atoms with E-state index in [-0.39, 0.29) is 20.5 Å². The van der Waals surface area contributed by atoms with E-state index in [9.17, 15) is 0 Å². The lowest BCUT2D eigenvalue weighted by Crippen LogP contribution is -2.39. The zero-order valence-corrected chi connectivity index (χ0v) is 17.4. The van der Waals surface area contributed by atoms with Gasteiger partial charge in [-0.25, -0.2) is 4.89 Å². The number of piperazine rings is 1. The summed E-state index contributed by atoms with van der Waals surface area (Å²) in [6.07, 6.45) is 3.95. The van der Waals surface area contributed by atoms with Gasteiger partial charge in [0, 0.05) is 39.9 Å². The Labute approximate surface area is 167 Å². The molecule has 0 aromatic carbocycles. The molecule has 0 amide bonds. The van der Waals surface area contributed by atoms with Crippen LogP contribution in [0.1, 0.15) is 43.5 Å². The molecule has 11 N–H and O–H groups in total. The van der Waals surface area contributed by atoms with Gasteiger partial charge in [-0.1, -0.05) is 31.7 Å². The number of allylic oxidation sites excluding steroid dienone is 3. The minimum absolute atomic E-state index is 0. The SMILES string of the molecule is C.C1CNCCN1.C=C(C)/C=C\C.CC(C)(C)OO.N.NCCSO.O.[HH]. The maximum absolute atomic E-state index is 7.90. The smallest absolute Gasteiger partial charge is 0.0949 e. The van der Waals surface area contributed by atoms with Crippen molar-refractivity contribution in [2.75, 3.05) is 38.5 Å². The van der Waals surface area contributed by atoms with Crippen molar-refractivity contribution in [1.82, 2.24) is 16.8 Å². The van der Waals surface area contributed by atoms with E-state index in [4.69, 9.17) is 15.5 Å². The third kappa shape index (κ3) is 65.3. The fraction of sp³-hybridized carbons (Fsp3) is 0.765. The standard InChI is InChI=1S/C6H10.C4H10N2.C4H10O2.C2H7NOS.CH4.H3N.H2O.H2/c1-4-5-6(2)3;1-2-6-4-3-5-1;1-4(2,3)6-5;3-1-2-5-4;;;;/h4-5H,2H2,1,3H3;5-6H,1-4H2;5H,1-3H3;4H,1-3H2;1H4;1H3;1H2;1H/b5-4-;;;;;;;. The summed E-state index contributed by atoms with van der Waals surface area (Å²) >= 11 is 0.777. The third-order valence-corrected chi connectivity index (χ3v) is 2.31. The molecule has 1 fully saturated rings. The number of rotatable bonds is 3. The van der Waals surface area contributed by atoms with Crippen molar-refractivity contribution in [3.63, 3.8) is 0 Å². The van der Waals surface area contributed by atoms with Crippen LogP contribution in [0.3, 0.4) is 0 Å². The fourth-order valence-corrected chi connectivity index (χ4v) is 1.05. The first-order chi connectivity index (χ1) is 10.7. The van der Waals surface area contributed by atoms with E-state index in [1.54, 1.807) is 20.8 Å². The molecule has 1 saturated heterocycles. The third-order valence-electron chi connectivity index (χ3n) is 1.89. The van der Waals surface area contributed by atoms with Gasteiger partial charge in [-0.3, -0.25) is 5.26 Å². The van der Waals surface area contributed by atoms with Crippen LogP contribution in [0.15, 0.2) is 24.3 Å². The first-order valence-electron chi connectivity index (χ1n) is 7.73. The lowest BCUT2D eigenvalue weighted by Gasteiger charge is -2.11. The molecule has 1 aliphatic rings. The Balaban J connectivity index is -0.0000000377. The summed E-state index contributed by atoms with van der Waals surface area (Å²) in [6.45, 7) is 18.0. The molecule has 1 rings (SSSR count). The molecule has 0 aliphatic carbocycles. The van der Waals surface area contributed by atoms with Crippen LogP contribution in [0.25, 0.3) is 0 Å². The van der Waals surface area contributed by atoms with Gasteiger partial charge in [0.15, 0.2) is 0 Å². The number of nitrogens with one attached hydrogen (secondary N) is 2. The molecule has 9 heteroatoms. The van der Waals surface area contributed by atoms with Gasteiger partial charge in [-0.2, -0.15) is 0 Å². The van der Waals surface area contributed by atoms with Crippen molar-refractivity contribution in [2.24, 2.45) is 5.73 Å². The van der Waals surface area contributed by atoms with Gasteiger partial charge in [0.1, 0.15) is 0 Å². The molecule has 8 nitrogen and oxygen atoms in total. The molecule has 0 radical (unpaired) electrons. The Morgan fingerprint density at radius 3 is 1.65 bits per heavy atom. The van der Waals surface area contributed by atoms with Crippen LogP contribution in [0.2, 0.25) is 0 Å². The molecular weight excluding hydrogens is 356 g/mol. The Kier molecular flexibility index (Phi) is 49.9. The summed E-state index contributed by atoms with van der Waals surface area (Å²) in [5, 5.41) is 14.3. The highest BCUT2D eigenvalue weighted by atomic mass is 32.2. The zero-order valence-electron chi connectivity index (χ0n) is 16.6. The molecule has 0 aromatic rings. The molecule has 0 aromatic heterocycles. The van der Waals surface area contributed by atoms with Gasteiger partial charge in [-0.15, -0.1) is 0 Å². The largest absolute Gasteiger partial charge is 0.412 e. The van der Waals surface area contributed by atoms with Gasteiger partial charge < -0.3 is 32.5 Å². The Morgan fingerprint density at radius 1 is 1.27 bits per heavy atom. The van der Waals surface area contributed by atoms with Gasteiger partial charge in [0.05, 0.1) is 5.60 Å². The normalized spacial score (nSPS) is 12.2. The zero-order chi connectivity index (χ0) is 18.6. The van der Waals surface area contributed by atoms with Crippen LogP contribution in [0, 0.1) is 0 Å². The predicted molar refractivity (Wildman–Crippen MR) is 120 cm³/mol. The van der Waals surface area contributed by atoms with E-state index < -0.39 is 5.60 Å². The minimum atomic E-state index is -0.403. The first kappa shape index (κ1) is 40.3.